The van der Waals surface area contributed by atoms with E-state index in [0.29, 0.717) is 0 Å². The van der Waals surface area contributed by atoms with Gasteiger partial charge in [-0.2, -0.15) is 4.91 Å². The van der Waals surface area contributed by atoms with E-state index in [4.69, 9.17) is 0 Å². The average molecular weight is 233 g/mol. The predicted octanol–water partition coefficient (Wildman–Crippen LogP) is 4.31. The lowest BCUT2D eigenvalue weighted by Gasteiger charge is -2.10. The van der Waals surface area contributed by atoms with Crippen LogP contribution in [0.5, 0.6) is 0 Å². The molecule has 3 heteroatoms. The number of hydrogen-bond acceptors (Lipinski definition) is 2. The van der Waals surface area contributed by atoms with E-state index in [-0.39, 0.29) is 11.9 Å². The molecule has 0 bridgehead atoms. The van der Waals surface area contributed by atoms with Crippen LogP contribution in [-0.2, 0) is 0 Å². The first kappa shape index (κ1) is 12.0. The minimum absolute atomic E-state index is 0.248. The van der Waals surface area contributed by atoms with Crippen LogP contribution in [0.1, 0.15) is 38.2 Å². The molecular formula is C14H16FNO. The van der Waals surface area contributed by atoms with Crippen LogP contribution in [0.15, 0.2) is 35.0 Å². The Labute approximate surface area is 101 Å². The number of benzene rings is 1. The third kappa shape index (κ3) is 2.43. The average Bonchev–Trinajstić information content (AvgIpc) is 2.74. The fourth-order valence-corrected chi connectivity index (χ4v) is 2.52. The maximum absolute atomic E-state index is 12.9. The highest BCUT2D eigenvalue weighted by molar-refractivity contribution is 5.74. The van der Waals surface area contributed by atoms with Gasteiger partial charge in [-0.15, -0.1) is 0 Å². The lowest BCUT2D eigenvalue weighted by Crippen LogP contribution is -2.01. The normalized spacial score (nSPS) is 19.8. The van der Waals surface area contributed by atoms with Crippen LogP contribution in [0.2, 0.25) is 0 Å². The van der Waals surface area contributed by atoms with Crippen LogP contribution in [0.25, 0.3) is 5.57 Å². The first-order valence-corrected chi connectivity index (χ1v) is 6.06. The number of rotatable bonds is 4. The Morgan fingerprint density at radius 2 is 2.06 bits per heavy atom. The maximum Gasteiger partial charge on any atom is 0.123 e. The molecule has 0 saturated carbocycles. The molecule has 0 radical (unpaired) electrons. The highest BCUT2D eigenvalue weighted by atomic mass is 19.1. The summed E-state index contributed by atoms with van der Waals surface area (Å²) >= 11 is 0. The fraction of sp³-hybridized carbons (Fsp3) is 0.429. The summed E-state index contributed by atoms with van der Waals surface area (Å²) < 4.78 is 12.9. The van der Waals surface area contributed by atoms with Crippen molar-refractivity contribution in [3.63, 3.8) is 0 Å². The molecule has 1 aliphatic rings. The Bertz CT molecular complexity index is 436. The van der Waals surface area contributed by atoms with Crippen LogP contribution < -0.4 is 0 Å². The molecule has 0 aromatic heterocycles. The molecule has 0 aliphatic heterocycles. The van der Waals surface area contributed by atoms with Crippen LogP contribution >= 0.6 is 0 Å². The van der Waals surface area contributed by atoms with Gasteiger partial charge in [0.15, 0.2) is 0 Å². The van der Waals surface area contributed by atoms with Crippen molar-refractivity contribution in [2.75, 3.05) is 0 Å². The van der Waals surface area contributed by atoms with E-state index in [9.17, 15) is 9.30 Å². The molecule has 1 atom stereocenters. The summed E-state index contributed by atoms with van der Waals surface area (Å²) in [5.41, 5.74) is 3.28. The Morgan fingerprint density at radius 3 is 2.65 bits per heavy atom. The van der Waals surface area contributed by atoms with Crippen molar-refractivity contribution in [1.82, 2.24) is 0 Å². The van der Waals surface area contributed by atoms with Crippen molar-refractivity contribution in [3.05, 3.63) is 46.1 Å². The topological polar surface area (TPSA) is 29.4 Å². The molecular weight excluding hydrogens is 217 g/mol. The van der Waals surface area contributed by atoms with Crippen LogP contribution in [0.4, 0.5) is 4.39 Å². The van der Waals surface area contributed by atoms with Crippen LogP contribution in [0, 0.1) is 10.7 Å². The molecule has 0 fully saturated rings. The van der Waals surface area contributed by atoms with Gasteiger partial charge in [-0.3, -0.25) is 0 Å². The van der Waals surface area contributed by atoms with Crippen molar-refractivity contribution < 1.29 is 4.39 Å². The number of nitrogens with zero attached hydrogens (tertiary/aromatic N) is 1. The summed E-state index contributed by atoms with van der Waals surface area (Å²) in [6.07, 6.45) is 3.80. The zero-order valence-corrected chi connectivity index (χ0v) is 9.95. The zero-order chi connectivity index (χ0) is 12.3. The molecule has 1 aromatic rings. The number of halogens is 1. The Balaban J connectivity index is 2.39. The van der Waals surface area contributed by atoms with E-state index in [0.717, 1.165) is 36.8 Å². The van der Waals surface area contributed by atoms with Gasteiger partial charge in [0.25, 0.3) is 0 Å². The fourth-order valence-electron chi connectivity index (χ4n) is 2.52. The van der Waals surface area contributed by atoms with Gasteiger partial charge in [-0.25, -0.2) is 4.39 Å². The predicted molar refractivity (Wildman–Crippen MR) is 67.0 cm³/mol. The molecule has 0 N–H and O–H groups in total. The van der Waals surface area contributed by atoms with Crippen LogP contribution in [0.3, 0.4) is 0 Å². The number of allylic oxidation sites excluding steroid dienone is 1. The van der Waals surface area contributed by atoms with Gasteiger partial charge in [-0.05, 0) is 42.5 Å². The van der Waals surface area contributed by atoms with Crippen molar-refractivity contribution in [3.8, 4) is 0 Å². The molecule has 0 heterocycles. The van der Waals surface area contributed by atoms with Gasteiger partial charge in [0.05, 0.1) is 0 Å². The highest BCUT2D eigenvalue weighted by Crippen LogP contribution is 2.38. The van der Waals surface area contributed by atoms with E-state index in [2.05, 4.69) is 12.1 Å². The summed E-state index contributed by atoms with van der Waals surface area (Å²) in [6, 6.07) is 6.10. The smallest absolute Gasteiger partial charge is 0.123 e. The molecule has 1 unspecified atom stereocenters. The van der Waals surface area contributed by atoms with Gasteiger partial charge < -0.3 is 0 Å². The largest absolute Gasteiger partial charge is 0.207 e. The monoisotopic (exact) mass is 233 g/mol. The van der Waals surface area contributed by atoms with Gasteiger partial charge in [-0.1, -0.05) is 36.2 Å². The van der Waals surface area contributed by atoms with Crippen molar-refractivity contribution >= 4 is 5.57 Å². The second kappa shape index (κ2) is 5.21. The first-order valence-electron chi connectivity index (χ1n) is 6.06. The van der Waals surface area contributed by atoms with Gasteiger partial charge in [0.2, 0.25) is 0 Å². The van der Waals surface area contributed by atoms with E-state index >= 15 is 0 Å². The summed E-state index contributed by atoms with van der Waals surface area (Å²) in [7, 11) is 0. The van der Waals surface area contributed by atoms with E-state index < -0.39 is 0 Å². The SMILES string of the molecule is CCCC1=C(c2ccc(F)cc2)C(N=O)CC1. The molecule has 2 rings (SSSR count). The Morgan fingerprint density at radius 1 is 1.35 bits per heavy atom. The molecule has 17 heavy (non-hydrogen) atoms. The molecule has 0 saturated heterocycles. The van der Waals surface area contributed by atoms with E-state index in [1.54, 1.807) is 12.1 Å². The third-order valence-electron chi connectivity index (χ3n) is 3.27. The second-order valence-corrected chi connectivity index (χ2v) is 4.43. The van der Waals surface area contributed by atoms with Crippen molar-refractivity contribution in [2.24, 2.45) is 5.18 Å². The minimum atomic E-state index is -0.250. The Hall–Kier alpha value is -1.51. The van der Waals surface area contributed by atoms with Crippen molar-refractivity contribution in [2.45, 2.75) is 38.6 Å². The highest BCUT2D eigenvalue weighted by Gasteiger charge is 2.26. The lowest BCUT2D eigenvalue weighted by molar-refractivity contribution is 0.627. The van der Waals surface area contributed by atoms with E-state index in [1.165, 1.54) is 17.7 Å². The maximum atomic E-state index is 12.9. The summed E-state index contributed by atoms with van der Waals surface area (Å²) in [5.74, 6) is -0.250. The number of hydrogen-bond donors (Lipinski definition) is 0. The summed E-state index contributed by atoms with van der Waals surface area (Å²) in [5, 5.41) is 3.20. The number of nitroso groups, excluding NO2 is 1. The zero-order valence-electron chi connectivity index (χ0n) is 9.95. The molecule has 1 aliphatic carbocycles. The minimum Gasteiger partial charge on any atom is -0.207 e. The van der Waals surface area contributed by atoms with Gasteiger partial charge in [0, 0.05) is 0 Å². The molecule has 90 valence electrons. The summed E-state index contributed by atoms with van der Waals surface area (Å²) in [6.45, 7) is 2.12. The molecule has 0 amide bonds. The summed E-state index contributed by atoms with van der Waals surface area (Å²) in [4.78, 5) is 10.8. The van der Waals surface area contributed by atoms with Gasteiger partial charge in [0.1, 0.15) is 11.9 Å². The first-order chi connectivity index (χ1) is 8.26. The van der Waals surface area contributed by atoms with Crippen molar-refractivity contribution in [1.29, 1.82) is 0 Å². The molecule has 1 aromatic carbocycles. The molecule has 0 spiro atoms. The van der Waals surface area contributed by atoms with Crippen LogP contribution in [-0.4, -0.2) is 6.04 Å². The standard InChI is InChI=1S/C14H16FNO/c1-2-3-10-6-9-13(16-17)14(10)11-4-7-12(15)8-5-11/h4-5,7-8,13H,2-3,6,9H2,1H3. The second-order valence-electron chi connectivity index (χ2n) is 4.43. The Kier molecular flexibility index (Phi) is 3.67. The van der Waals surface area contributed by atoms with E-state index in [1.807, 2.05) is 0 Å². The lowest BCUT2D eigenvalue weighted by atomic mass is 9.97. The molecule has 2 nitrogen and oxygen atoms in total. The third-order valence-corrected chi connectivity index (χ3v) is 3.27. The van der Waals surface area contributed by atoms with Gasteiger partial charge >= 0.3 is 0 Å². The quantitative estimate of drug-likeness (QED) is 0.712.